The number of aliphatic hydroxyl groups is 1. The summed E-state index contributed by atoms with van der Waals surface area (Å²) >= 11 is 0. The van der Waals surface area contributed by atoms with Crippen LogP contribution in [0.3, 0.4) is 0 Å². The molecular weight excluding hydrogens is 400 g/mol. The predicted molar refractivity (Wildman–Crippen MR) is 118 cm³/mol. The molecule has 31 heavy (non-hydrogen) atoms. The summed E-state index contributed by atoms with van der Waals surface area (Å²) in [6, 6.07) is 0. The van der Waals surface area contributed by atoms with Gasteiger partial charge < -0.3 is 24.6 Å². The number of nitrogens with zero attached hydrogens (tertiary/aromatic N) is 1. The smallest absolute Gasteiger partial charge is 0.306 e. The summed E-state index contributed by atoms with van der Waals surface area (Å²) in [5.74, 6) is -1.79. The standard InChI is InChI=1S/C17H31NO6.C6H15N/c1-15(2)9-12(24-14(21)8-7-13(19)20)10-16(3,4)18(15)23-11-17(5,6)22;1-4-7(5-2)6-3/h12,22H,7-11H2,1-6H3,(H,19,20);4-6H2,1-3H3. The van der Waals surface area contributed by atoms with Crippen LogP contribution in [-0.2, 0) is 19.2 Å². The molecule has 0 aromatic rings. The molecular formula is C23H46N2O6. The van der Waals surface area contributed by atoms with Gasteiger partial charge in [-0.25, -0.2) is 0 Å². The minimum Gasteiger partial charge on any atom is -0.550 e. The van der Waals surface area contributed by atoms with E-state index in [0.717, 1.165) is 0 Å². The van der Waals surface area contributed by atoms with E-state index in [4.69, 9.17) is 9.57 Å². The molecule has 0 saturated carbocycles. The first-order valence-electron chi connectivity index (χ1n) is 11.5. The average Bonchev–Trinajstić information content (AvgIpc) is 2.59. The fraction of sp³-hybridized carbons (Fsp3) is 0.913. The summed E-state index contributed by atoms with van der Waals surface area (Å²) in [5, 5.41) is 22.2. The fourth-order valence-corrected chi connectivity index (χ4v) is 4.03. The first kappa shape index (κ1) is 29.8. The number of quaternary nitrogens is 1. The van der Waals surface area contributed by atoms with Crippen LogP contribution in [0.4, 0.5) is 0 Å². The van der Waals surface area contributed by atoms with Gasteiger partial charge in [0.25, 0.3) is 0 Å². The number of hydrogen-bond donors (Lipinski definition) is 2. The van der Waals surface area contributed by atoms with Crippen LogP contribution >= 0.6 is 0 Å². The molecule has 1 rings (SSSR count). The van der Waals surface area contributed by atoms with Crippen molar-refractivity contribution in [1.82, 2.24) is 5.06 Å². The Balaban J connectivity index is 0.00000110. The van der Waals surface area contributed by atoms with Gasteiger partial charge in [-0.3, -0.25) is 9.63 Å². The molecule has 8 nitrogen and oxygen atoms in total. The van der Waals surface area contributed by atoms with E-state index >= 15 is 0 Å². The van der Waals surface area contributed by atoms with Gasteiger partial charge in [0.1, 0.15) is 6.10 Å². The van der Waals surface area contributed by atoms with Crippen molar-refractivity contribution in [1.29, 1.82) is 0 Å². The highest BCUT2D eigenvalue weighted by molar-refractivity contribution is 5.75. The monoisotopic (exact) mass is 446 g/mol. The van der Waals surface area contributed by atoms with E-state index in [9.17, 15) is 19.8 Å². The number of nitrogens with one attached hydrogen (secondary N) is 1. The highest BCUT2D eigenvalue weighted by atomic mass is 16.7. The number of esters is 1. The maximum absolute atomic E-state index is 11.8. The molecule has 1 saturated heterocycles. The maximum Gasteiger partial charge on any atom is 0.306 e. The third-order valence-corrected chi connectivity index (χ3v) is 5.43. The number of aliphatic carboxylic acids is 1. The largest absolute Gasteiger partial charge is 0.550 e. The molecule has 8 heteroatoms. The zero-order valence-electron chi connectivity index (χ0n) is 21.2. The van der Waals surface area contributed by atoms with E-state index in [0.29, 0.717) is 12.8 Å². The SMILES string of the molecule is CC(C)(O)CON1C(C)(C)CC(OC(=O)CCC(=O)[O-])CC1(C)C.CC[NH+](CC)CC. The van der Waals surface area contributed by atoms with Crippen LogP contribution in [0.2, 0.25) is 0 Å². The summed E-state index contributed by atoms with van der Waals surface area (Å²) in [4.78, 5) is 29.8. The Morgan fingerprint density at radius 3 is 1.81 bits per heavy atom. The van der Waals surface area contributed by atoms with Gasteiger partial charge in [-0.1, -0.05) is 0 Å². The number of hydrogen-bond acceptors (Lipinski definition) is 7. The molecule has 1 fully saturated rings. The lowest BCUT2D eigenvalue weighted by Gasteiger charge is -2.53. The molecule has 1 aliphatic heterocycles. The second kappa shape index (κ2) is 12.7. The molecule has 0 radical (unpaired) electrons. The Bertz CT molecular complexity index is 529. The molecule has 0 aromatic heterocycles. The van der Waals surface area contributed by atoms with Crippen LogP contribution in [0.25, 0.3) is 0 Å². The number of ether oxygens (including phenoxy) is 1. The molecule has 0 amide bonds. The number of carbonyl (C=O) groups is 2. The number of rotatable bonds is 10. The number of piperidine rings is 1. The van der Waals surface area contributed by atoms with Crippen LogP contribution < -0.4 is 10.0 Å². The third kappa shape index (κ3) is 11.8. The minimum absolute atomic E-state index is 0.163. The first-order chi connectivity index (χ1) is 14.1. The lowest BCUT2D eigenvalue weighted by Crippen LogP contribution is -3.11. The normalized spacial score (nSPS) is 18.9. The van der Waals surface area contributed by atoms with Crippen molar-refractivity contribution in [2.24, 2.45) is 0 Å². The maximum atomic E-state index is 11.8. The Morgan fingerprint density at radius 2 is 1.48 bits per heavy atom. The highest BCUT2D eigenvalue weighted by Crippen LogP contribution is 2.40. The van der Waals surface area contributed by atoms with Crippen molar-refractivity contribution >= 4 is 11.9 Å². The highest BCUT2D eigenvalue weighted by Gasteiger charge is 2.48. The molecule has 0 bridgehead atoms. The van der Waals surface area contributed by atoms with Gasteiger partial charge in [0.05, 0.1) is 38.3 Å². The molecule has 2 N–H and O–H groups in total. The average molecular weight is 447 g/mol. The van der Waals surface area contributed by atoms with Crippen molar-refractivity contribution in [3.8, 4) is 0 Å². The van der Waals surface area contributed by atoms with Crippen molar-refractivity contribution in [3.63, 3.8) is 0 Å². The number of carboxylic acids is 1. The Morgan fingerprint density at radius 1 is 1.03 bits per heavy atom. The summed E-state index contributed by atoms with van der Waals surface area (Å²) in [5.41, 5.74) is -1.76. The molecule has 1 heterocycles. The Hall–Kier alpha value is -1.22. The van der Waals surface area contributed by atoms with Gasteiger partial charge >= 0.3 is 5.97 Å². The summed E-state index contributed by atoms with van der Waals surface area (Å²) < 4.78 is 5.45. The minimum atomic E-state index is -1.26. The van der Waals surface area contributed by atoms with E-state index < -0.39 is 28.6 Å². The summed E-state index contributed by atoms with van der Waals surface area (Å²) in [6.45, 7) is 22.0. The molecule has 0 unspecified atom stereocenters. The van der Waals surface area contributed by atoms with Gasteiger partial charge in [0.2, 0.25) is 0 Å². The molecule has 0 aromatic carbocycles. The molecule has 184 valence electrons. The van der Waals surface area contributed by atoms with Crippen molar-refractivity contribution in [3.05, 3.63) is 0 Å². The molecule has 0 spiro atoms. The predicted octanol–water partition coefficient (Wildman–Crippen LogP) is 0.715. The fourth-order valence-electron chi connectivity index (χ4n) is 4.03. The Kier molecular flexibility index (Phi) is 12.2. The quantitative estimate of drug-likeness (QED) is 0.477. The van der Waals surface area contributed by atoms with E-state index in [1.807, 2.05) is 32.8 Å². The summed E-state index contributed by atoms with van der Waals surface area (Å²) in [6.07, 6.45) is 0.280. The molecule has 0 atom stereocenters. The van der Waals surface area contributed by atoms with Gasteiger partial charge in [0, 0.05) is 29.9 Å². The topological polar surface area (TPSA) is 104 Å². The van der Waals surface area contributed by atoms with Gasteiger partial charge in [-0.2, -0.15) is 5.06 Å². The Labute approximate surface area is 188 Å². The van der Waals surface area contributed by atoms with Crippen molar-refractivity contribution in [2.45, 2.75) is 111 Å². The van der Waals surface area contributed by atoms with Gasteiger partial charge in [-0.05, 0) is 68.7 Å². The lowest BCUT2D eigenvalue weighted by molar-refractivity contribution is -0.894. The molecule has 1 aliphatic rings. The zero-order valence-corrected chi connectivity index (χ0v) is 21.2. The summed E-state index contributed by atoms with van der Waals surface area (Å²) in [7, 11) is 0. The number of carbonyl (C=O) groups excluding carboxylic acids is 2. The number of carboxylic acid groups (broad SMARTS) is 1. The second-order valence-corrected chi connectivity index (χ2v) is 10.2. The first-order valence-corrected chi connectivity index (χ1v) is 11.5. The van der Waals surface area contributed by atoms with Gasteiger partial charge in [-0.15, -0.1) is 0 Å². The van der Waals surface area contributed by atoms with Crippen LogP contribution in [0.5, 0.6) is 0 Å². The number of hydroxylamine groups is 2. The van der Waals surface area contributed by atoms with E-state index in [-0.39, 0.29) is 25.6 Å². The third-order valence-electron chi connectivity index (χ3n) is 5.43. The van der Waals surface area contributed by atoms with E-state index in [1.165, 1.54) is 19.6 Å². The van der Waals surface area contributed by atoms with E-state index in [1.54, 1.807) is 18.7 Å². The van der Waals surface area contributed by atoms with Crippen molar-refractivity contribution < 1.29 is 34.3 Å². The van der Waals surface area contributed by atoms with Crippen LogP contribution in [0.1, 0.15) is 88.0 Å². The van der Waals surface area contributed by atoms with Crippen LogP contribution in [0.15, 0.2) is 0 Å². The molecule has 0 aliphatic carbocycles. The van der Waals surface area contributed by atoms with Crippen LogP contribution in [0, 0.1) is 0 Å². The van der Waals surface area contributed by atoms with E-state index in [2.05, 4.69) is 20.8 Å². The zero-order chi connectivity index (χ0) is 24.5. The lowest BCUT2D eigenvalue weighted by atomic mass is 9.80. The van der Waals surface area contributed by atoms with Crippen molar-refractivity contribution in [2.75, 3.05) is 26.2 Å². The van der Waals surface area contributed by atoms with Gasteiger partial charge in [0.15, 0.2) is 0 Å². The second-order valence-electron chi connectivity index (χ2n) is 10.2. The van der Waals surface area contributed by atoms with Crippen LogP contribution in [-0.4, -0.2) is 71.1 Å².